The number of thiophene rings is 1. The van der Waals surface area contributed by atoms with Crippen molar-refractivity contribution in [2.45, 2.75) is 47.6 Å². The third-order valence-electron chi connectivity index (χ3n) is 3.72. The van der Waals surface area contributed by atoms with Crippen LogP contribution >= 0.6 is 11.3 Å². The standard InChI is InChI=1S/C13H23N3O4S3/c1-3-5-7-16-9-11(15-6-4-2)10-8-12(22(14,17)18)21-13(10)23(16,19)20/h8,11,15H,3-7,9H2,1-2H3,(H2,14,17,18)/t11-/m0/s1. The summed E-state index contributed by atoms with van der Waals surface area (Å²) in [6.45, 7) is 5.50. The molecule has 1 aromatic heterocycles. The highest BCUT2D eigenvalue weighted by molar-refractivity contribution is 7.94. The Morgan fingerprint density at radius 2 is 2.09 bits per heavy atom. The molecular formula is C13H23N3O4S3. The molecule has 7 nitrogen and oxygen atoms in total. The minimum atomic E-state index is -3.92. The first-order chi connectivity index (χ1) is 10.7. The molecule has 0 fully saturated rings. The summed E-state index contributed by atoms with van der Waals surface area (Å²) in [5.74, 6) is 0. The van der Waals surface area contributed by atoms with Crippen LogP contribution in [0.15, 0.2) is 14.5 Å². The Hall–Kier alpha value is -0.520. The monoisotopic (exact) mass is 381 g/mol. The van der Waals surface area contributed by atoms with E-state index in [1.807, 2.05) is 13.8 Å². The molecule has 0 radical (unpaired) electrons. The van der Waals surface area contributed by atoms with Gasteiger partial charge in [-0.15, -0.1) is 11.3 Å². The van der Waals surface area contributed by atoms with E-state index in [2.05, 4.69) is 5.32 Å². The van der Waals surface area contributed by atoms with Crippen molar-refractivity contribution in [3.8, 4) is 0 Å². The molecule has 1 aliphatic rings. The van der Waals surface area contributed by atoms with Crippen molar-refractivity contribution in [1.29, 1.82) is 0 Å². The summed E-state index contributed by atoms with van der Waals surface area (Å²) in [4.78, 5) is 0. The second kappa shape index (κ2) is 7.16. The maximum absolute atomic E-state index is 12.7. The summed E-state index contributed by atoms with van der Waals surface area (Å²) < 4.78 is 50.1. The van der Waals surface area contributed by atoms with Crippen LogP contribution in [0.5, 0.6) is 0 Å². The SMILES string of the molecule is CCCCN1C[C@H](NCCC)c2cc(S(N)(=O)=O)sc2S1(=O)=O. The molecule has 0 spiro atoms. The number of sulfonamides is 2. The molecule has 2 heterocycles. The number of hydrogen-bond acceptors (Lipinski definition) is 6. The lowest BCUT2D eigenvalue weighted by atomic mass is 10.1. The Labute approximate surface area is 142 Å². The van der Waals surface area contributed by atoms with Crippen LogP contribution in [0.2, 0.25) is 0 Å². The molecule has 3 N–H and O–H groups in total. The average Bonchev–Trinajstić information content (AvgIpc) is 2.92. The van der Waals surface area contributed by atoms with Gasteiger partial charge in [-0.2, -0.15) is 4.31 Å². The van der Waals surface area contributed by atoms with Crippen LogP contribution in [0, 0.1) is 0 Å². The Morgan fingerprint density at radius 1 is 1.39 bits per heavy atom. The molecule has 0 saturated heterocycles. The van der Waals surface area contributed by atoms with Crippen molar-refractivity contribution in [3.05, 3.63) is 11.6 Å². The number of nitrogens with zero attached hydrogens (tertiary/aromatic N) is 1. The number of nitrogens with two attached hydrogens (primary N) is 1. The number of hydrogen-bond donors (Lipinski definition) is 2. The average molecular weight is 382 g/mol. The summed E-state index contributed by atoms with van der Waals surface area (Å²) in [7, 11) is -7.58. The summed E-state index contributed by atoms with van der Waals surface area (Å²) in [5, 5.41) is 8.47. The summed E-state index contributed by atoms with van der Waals surface area (Å²) >= 11 is 0.741. The quantitative estimate of drug-likeness (QED) is 0.738. The van der Waals surface area contributed by atoms with Gasteiger partial charge in [0, 0.05) is 24.7 Å². The first-order valence-electron chi connectivity index (χ1n) is 7.61. The topological polar surface area (TPSA) is 110 Å². The Balaban J connectivity index is 2.49. The molecule has 0 bridgehead atoms. The van der Waals surface area contributed by atoms with E-state index in [9.17, 15) is 16.8 Å². The fourth-order valence-electron chi connectivity index (χ4n) is 2.51. The lowest BCUT2D eigenvalue weighted by Crippen LogP contribution is -2.43. The van der Waals surface area contributed by atoms with Crippen molar-refractivity contribution in [2.24, 2.45) is 5.14 Å². The Bertz CT molecular complexity index is 755. The fourth-order valence-corrected chi connectivity index (χ4v) is 6.81. The van der Waals surface area contributed by atoms with Crippen molar-refractivity contribution in [3.63, 3.8) is 0 Å². The van der Waals surface area contributed by atoms with Crippen LogP contribution < -0.4 is 10.5 Å². The van der Waals surface area contributed by atoms with E-state index in [1.165, 1.54) is 10.4 Å². The van der Waals surface area contributed by atoms with E-state index >= 15 is 0 Å². The van der Waals surface area contributed by atoms with Gasteiger partial charge in [-0.25, -0.2) is 22.0 Å². The molecular weight excluding hydrogens is 358 g/mol. The van der Waals surface area contributed by atoms with Gasteiger partial charge in [0.25, 0.3) is 10.0 Å². The van der Waals surface area contributed by atoms with Gasteiger partial charge in [0.05, 0.1) is 0 Å². The third-order valence-corrected chi connectivity index (χ3v) is 8.68. The molecule has 23 heavy (non-hydrogen) atoms. The molecule has 2 rings (SSSR count). The van der Waals surface area contributed by atoms with Crippen molar-refractivity contribution < 1.29 is 16.8 Å². The van der Waals surface area contributed by atoms with Gasteiger partial charge in [-0.05, 0) is 25.5 Å². The van der Waals surface area contributed by atoms with Crippen molar-refractivity contribution >= 4 is 31.4 Å². The van der Waals surface area contributed by atoms with Gasteiger partial charge in [-0.3, -0.25) is 0 Å². The first kappa shape index (κ1) is 18.8. The van der Waals surface area contributed by atoms with Gasteiger partial charge < -0.3 is 5.32 Å². The fraction of sp³-hybridized carbons (Fsp3) is 0.692. The number of rotatable bonds is 7. The zero-order chi connectivity index (χ0) is 17.3. The van der Waals surface area contributed by atoms with E-state index in [-0.39, 0.29) is 14.5 Å². The molecule has 1 aliphatic heterocycles. The van der Waals surface area contributed by atoms with Crippen LogP contribution in [0.25, 0.3) is 0 Å². The third kappa shape index (κ3) is 3.94. The molecule has 0 aromatic carbocycles. The van der Waals surface area contributed by atoms with Crippen LogP contribution in [0.4, 0.5) is 0 Å². The maximum Gasteiger partial charge on any atom is 0.252 e. The van der Waals surface area contributed by atoms with Crippen LogP contribution in [0.3, 0.4) is 0 Å². The number of primary sulfonamides is 1. The lowest BCUT2D eigenvalue weighted by molar-refractivity contribution is 0.337. The minimum absolute atomic E-state index is 0.0949. The summed E-state index contributed by atoms with van der Waals surface area (Å²) in [6, 6.07) is 1.19. The molecule has 0 amide bonds. The molecule has 132 valence electrons. The second-order valence-electron chi connectivity index (χ2n) is 5.58. The molecule has 0 saturated carbocycles. The van der Waals surface area contributed by atoms with Crippen LogP contribution in [0.1, 0.15) is 44.7 Å². The number of unbranched alkanes of at least 4 members (excludes halogenated alkanes) is 1. The maximum atomic E-state index is 12.7. The largest absolute Gasteiger partial charge is 0.309 e. The van der Waals surface area contributed by atoms with Gasteiger partial charge in [0.15, 0.2) is 0 Å². The highest BCUT2D eigenvalue weighted by Gasteiger charge is 2.39. The number of nitrogens with one attached hydrogen (secondary N) is 1. The first-order valence-corrected chi connectivity index (χ1v) is 11.4. The molecule has 0 unspecified atom stereocenters. The second-order valence-corrected chi connectivity index (χ2v) is 10.6. The Morgan fingerprint density at radius 3 is 2.65 bits per heavy atom. The Kier molecular flexibility index (Phi) is 5.85. The van der Waals surface area contributed by atoms with Gasteiger partial charge >= 0.3 is 0 Å². The van der Waals surface area contributed by atoms with Crippen LogP contribution in [-0.4, -0.2) is 40.8 Å². The van der Waals surface area contributed by atoms with E-state index in [0.717, 1.165) is 37.1 Å². The summed E-state index contributed by atoms with van der Waals surface area (Å²) in [5.41, 5.74) is 0.514. The van der Waals surface area contributed by atoms with Crippen molar-refractivity contribution in [1.82, 2.24) is 9.62 Å². The van der Waals surface area contributed by atoms with Crippen LogP contribution in [-0.2, 0) is 20.0 Å². The zero-order valence-corrected chi connectivity index (χ0v) is 15.7. The molecule has 10 heteroatoms. The molecule has 0 aliphatic carbocycles. The predicted octanol–water partition coefficient (Wildman–Crippen LogP) is 1.24. The van der Waals surface area contributed by atoms with E-state index in [1.54, 1.807) is 0 Å². The molecule has 1 aromatic rings. The van der Waals surface area contributed by atoms with Gasteiger partial charge in [0.2, 0.25) is 10.0 Å². The zero-order valence-electron chi connectivity index (χ0n) is 13.3. The van der Waals surface area contributed by atoms with Crippen molar-refractivity contribution in [2.75, 3.05) is 19.6 Å². The highest BCUT2D eigenvalue weighted by atomic mass is 32.3. The smallest absolute Gasteiger partial charge is 0.252 e. The van der Waals surface area contributed by atoms with Gasteiger partial charge in [0.1, 0.15) is 8.42 Å². The normalized spacial score (nSPS) is 21.3. The summed E-state index contributed by atoms with van der Waals surface area (Å²) in [6.07, 6.45) is 2.56. The lowest BCUT2D eigenvalue weighted by Gasteiger charge is -2.32. The van der Waals surface area contributed by atoms with E-state index < -0.39 is 20.0 Å². The molecule has 1 atom stereocenters. The minimum Gasteiger partial charge on any atom is -0.309 e. The van der Waals surface area contributed by atoms with Gasteiger partial charge in [-0.1, -0.05) is 20.3 Å². The van der Waals surface area contributed by atoms with E-state index in [4.69, 9.17) is 5.14 Å². The number of fused-ring (bicyclic) bond motifs is 1. The highest BCUT2D eigenvalue weighted by Crippen LogP contribution is 2.39. The predicted molar refractivity (Wildman–Crippen MR) is 90.4 cm³/mol. The van der Waals surface area contributed by atoms with E-state index in [0.29, 0.717) is 18.7 Å².